The van der Waals surface area contributed by atoms with Crippen molar-refractivity contribution in [2.45, 2.75) is 19.4 Å². The molecule has 0 aliphatic carbocycles. The summed E-state index contributed by atoms with van der Waals surface area (Å²) in [5, 5.41) is 0. The largest absolute Gasteiger partial charge is 0.399 e. The smallest absolute Gasteiger partial charge is 0.0506 e. The number of benzene rings is 1. The summed E-state index contributed by atoms with van der Waals surface area (Å²) >= 11 is 0. The third-order valence-electron chi connectivity index (χ3n) is 3.26. The van der Waals surface area contributed by atoms with Gasteiger partial charge in [-0.2, -0.15) is 0 Å². The van der Waals surface area contributed by atoms with Crippen LogP contribution >= 0.6 is 0 Å². The molecule has 3 heteroatoms. The lowest BCUT2D eigenvalue weighted by atomic mass is 10.0. The number of ether oxygens (including phenoxy) is 1. The fourth-order valence-electron chi connectivity index (χ4n) is 2.39. The molecule has 2 rings (SSSR count). The van der Waals surface area contributed by atoms with E-state index in [0.717, 1.165) is 32.0 Å². The molecule has 0 bridgehead atoms. The summed E-state index contributed by atoms with van der Waals surface area (Å²) in [6, 6.07) is 8.13. The average molecular weight is 234 g/mol. The van der Waals surface area contributed by atoms with E-state index in [9.17, 15) is 0 Å². The van der Waals surface area contributed by atoms with Crippen molar-refractivity contribution >= 4 is 5.69 Å². The predicted molar refractivity (Wildman–Crippen MR) is 70.7 cm³/mol. The molecule has 17 heavy (non-hydrogen) atoms. The first-order chi connectivity index (χ1) is 8.24. The lowest BCUT2D eigenvalue weighted by Crippen LogP contribution is -2.30. The zero-order valence-electron chi connectivity index (χ0n) is 10.6. The lowest BCUT2D eigenvalue weighted by Gasteiger charge is -2.27. The first kappa shape index (κ1) is 12.4. The second kappa shape index (κ2) is 6.03. The topological polar surface area (TPSA) is 38.5 Å². The van der Waals surface area contributed by atoms with E-state index >= 15 is 0 Å². The predicted octanol–water partition coefficient (Wildman–Crippen LogP) is 2.13. The maximum Gasteiger partial charge on any atom is 0.0506 e. The van der Waals surface area contributed by atoms with E-state index in [4.69, 9.17) is 10.5 Å². The van der Waals surface area contributed by atoms with E-state index in [1.807, 2.05) is 12.1 Å². The first-order valence-electron chi connectivity index (χ1n) is 6.35. The van der Waals surface area contributed by atoms with E-state index in [0.29, 0.717) is 5.92 Å². The number of hydrogen-bond acceptors (Lipinski definition) is 3. The van der Waals surface area contributed by atoms with Crippen molar-refractivity contribution in [3.8, 4) is 0 Å². The normalized spacial score (nSPS) is 20.7. The maximum absolute atomic E-state index is 5.68. The number of rotatable bonds is 4. The van der Waals surface area contributed by atoms with Crippen molar-refractivity contribution in [3.05, 3.63) is 29.8 Å². The van der Waals surface area contributed by atoms with Crippen LogP contribution < -0.4 is 5.73 Å². The summed E-state index contributed by atoms with van der Waals surface area (Å²) in [5.74, 6) is 0.697. The Labute approximate surface area is 104 Å². The minimum absolute atomic E-state index is 0.697. The SMILES string of the molecule is CN(Cc1ccc(N)cc1)CC1CCCOC1. The van der Waals surface area contributed by atoms with Crippen LogP contribution in [0.5, 0.6) is 0 Å². The van der Waals surface area contributed by atoms with Crippen LogP contribution in [0.1, 0.15) is 18.4 Å². The van der Waals surface area contributed by atoms with Gasteiger partial charge in [0, 0.05) is 25.4 Å². The van der Waals surface area contributed by atoms with Crippen LogP contribution in [-0.2, 0) is 11.3 Å². The summed E-state index contributed by atoms with van der Waals surface area (Å²) in [6.07, 6.45) is 2.51. The molecule has 94 valence electrons. The Bertz CT molecular complexity index is 331. The van der Waals surface area contributed by atoms with Crippen LogP contribution in [0.15, 0.2) is 24.3 Å². The van der Waals surface area contributed by atoms with E-state index < -0.39 is 0 Å². The molecule has 0 radical (unpaired) electrons. The third kappa shape index (κ3) is 4.02. The van der Waals surface area contributed by atoms with Gasteiger partial charge in [-0.3, -0.25) is 0 Å². The highest BCUT2D eigenvalue weighted by Crippen LogP contribution is 2.15. The number of hydrogen-bond donors (Lipinski definition) is 1. The molecule has 1 aromatic rings. The molecule has 0 spiro atoms. The average Bonchev–Trinajstić information content (AvgIpc) is 2.33. The molecule has 0 amide bonds. The van der Waals surface area contributed by atoms with E-state index in [-0.39, 0.29) is 0 Å². The van der Waals surface area contributed by atoms with Crippen molar-refractivity contribution in [3.63, 3.8) is 0 Å². The van der Waals surface area contributed by atoms with Gasteiger partial charge in [0.1, 0.15) is 0 Å². The minimum atomic E-state index is 0.697. The van der Waals surface area contributed by atoms with E-state index in [1.54, 1.807) is 0 Å². The van der Waals surface area contributed by atoms with Crippen molar-refractivity contribution < 1.29 is 4.74 Å². The molecule has 1 aromatic carbocycles. The molecule has 1 heterocycles. The Hall–Kier alpha value is -1.06. The molecular weight excluding hydrogens is 212 g/mol. The van der Waals surface area contributed by atoms with Crippen LogP contribution in [0.3, 0.4) is 0 Å². The summed E-state index contributed by atoms with van der Waals surface area (Å²) in [4.78, 5) is 2.37. The highest BCUT2D eigenvalue weighted by atomic mass is 16.5. The van der Waals surface area contributed by atoms with Gasteiger partial charge in [-0.05, 0) is 43.5 Å². The number of anilines is 1. The Kier molecular flexibility index (Phi) is 4.40. The Morgan fingerprint density at radius 2 is 2.12 bits per heavy atom. The van der Waals surface area contributed by atoms with Crippen LogP contribution in [0.2, 0.25) is 0 Å². The van der Waals surface area contributed by atoms with Gasteiger partial charge >= 0.3 is 0 Å². The summed E-state index contributed by atoms with van der Waals surface area (Å²) in [6.45, 7) is 3.96. The van der Waals surface area contributed by atoms with Crippen molar-refractivity contribution in [1.82, 2.24) is 4.90 Å². The summed E-state index contributed by atoms with van der Waals surface area (Å²) in [5.41, 5.74) is 7.83. The van der Waals surface area contributed by atoms with Crippen LogP contribution in [-0.4, -0.2) is 31.7 Å². The van der Waals surface area contributed by atoms with Crippen molar-refractivity contribution in [1.29, 1.82) is 0 Å². The molecule has 3 nitrogen and oxygen atoms in total. The Morgan fingerprint density at radius 3 is 2.76 bits per heavy atom. The molecule has 1 aliphatic heterocycles. The van der Waals surface area contributed by atoms with E-state index in [1.165, 1.54) is 18.4 Å². The first-order valence-corrected chi connectivity index (χ1v) is 6.35. The van der Waals surface area contributed by atoms with Crippen molar-refractivity contribution in [2.24, 2.45) is 5.92 Å². The van der Waals surface area contributed by atoms with Gasteiger partial charge in [0.05, 0.1) is 6.61 Å². The van der Waals surface area contributed by atoms with E-state index in [2.05, 4.69) is 24.1 Å². The van der Waals surface area contributed by atoms with Crippen LogP contribution in [0.25, 0.3) is 0 Å². The minimum Gasteiger partial charge on any atom is -0.399 e. The summed E-state index contributed by atoms with van der Waals surface area (Å²) < 4.78 is 5.51. The quantitative estimate of drug-likeness (QED) is 0.811. The third-order valence-corrected chi connectivity index (χ3v) is 3.26. The fourth-order valence-corrected chi connectivity index (χ4v) is 2.39. The maximum atomic E-state index is 5.68. The Morgan fingerprint density at radius 1 is 1.35 bits per heavy atom. The van der Waals surface area contributed by atoms with Gasteiger partial charge in [-0.25, -0.2) is 0 Å². The molecule has 0 aromatic heterocycles. The molecule has 1 saturated heterocycles. The lowest BCUT2D eigenvalue weighted by molar-refractivity contribution is 0.0411. The van der Waals surface area contributed by atoms with Crippen molar-refractivity contribution in [2.75, 3.05) is 32.5 Å². The highest BCUT2D eigenvalue weighted by Gasteiger charge is 2.15. The van der Waals surface area contributed by atoms with Crippen LogP contribution in [0, 0.1) is 5.92 Å². The molecule has 0 saturated carbocycles. The molecule has 2 N–H and O–H groups in total. The number of nitrogen functional groups attached to an aromatic ring is 1. The molecule has 1 aliphatic rings. The standard InChI is InChI=1S/C14H22N2O/c1-16(10-13-3-2-8-17-11-13)9-12-4-6-14(15)7-5-12/h4-7,13H,2-3,8-11,15H2,1H3. The highest BCUT2D eigenvalue weighted by molar-refractivity contribution is 5.39. The second-order valence-electron chi connectivity index (χ2n) is 5.02. The van der Waals surface area contributed by atoms with Gasteiger partial charge in [0.15, 0.2) is 0 Å². The number of nitrogens with two attached hydrogens (primary N) is 1. The van der Waals surface area contributed by atoms with Gasteiger partial charge < -0.3 is 15.4 Å². The molecule has 1 atom stereocenters. The van der Waals surface area contributed by atoms with Gasteiger partial charge in [-0.1, -0.05) is 12.1 Å². The van der Waals surface area contributed by atoms with Gasteiger partial charge in [0.2, 0.25) is 0 Å². The Balaban J connectivity index is 1.79. The molecule has 1 fully saturated rings. The summed E-state index contributed by atoms with van der Waals surface area (Å²) in [7, 11) is 2.17. The van der Waals surface area contributed by atoms with Gasteiger partial charge in [0.25, 0.3) is 0 Å². The number of nitrogens with zero attached hydrogens (tertiary/aromatic N) is 1. The van der Waals surface area contributed by atoms with Gasteiger partial charge in [-0.15, -0.1) is 0 Å². The van der Waals surface area contributed by atoms with Crippen LogP contribution in [0.4, 0.5) is 5.69 Å². The fraction of sp³-hybridized carbons (Fsp3) is 0.571. The molecular formula is C14H22N2O. The zero-order valence-corrected chi connectivity index (χ0v) is 10.6. The monoisotopic (exact) mass is 234 g/mol. The molecule has 1 unspecified atom stereocenters. The zero-order chi connectivity index (χ0) is 12.1. The second-order valence-corrected chi connectivity index (χ2v) is 5.02.